The highest BCUT2D eigenvalue weighted by Crippen LogP contribution is 2.60. The second-order valence-corrected chi connectivity index (χ2v) is 8.99. The smallest absolute Gasteiger partial charge is 0.409 e. The van der Waals surface area contributed by atoms with E-state index in [1.165, 1.54) is 11.8 Å². The minimum atomic E-state index is -1.00. The van der Waals surface area contributed by atoms with Gasteiger partial charge in [-0.3, -0.25) is 4.79 Å². The average Bonchev–Trinajstić information content (AvgIpc) is 2.79. The molecule has 2 aliphatic heterocycles. The fourth-order valence-electron chi connectivity index (χ4n) is 4.88. The normalized spacial score (nSPS) is 41.0. The van der Waals surface area contributed by atoms with E-state index in [4.69, 9.17) is 23.7 Å². The molecule has 158 valence electrons. The molecule has 0 spiro atoms. The molecule has 0 N–H and O–H groups in total. The molecule has 1 saturated carbocycles. The van der Waals surface area contributed by atoms with E-state index < -0.39 is 47.2 Å². The number of hydrogen-bond donors (Lipinski definition) is 0. The summed E-state index contributed by atoms with van der Waals surface area (Å²) in [6, 6.07) is 0. The van der Waals surface area contributed by atoms with Crippen LogP contribution in [-0.4, -0.2) is 74.0 Å². The summed E-state index contributed by atoms with van der Waals surface area (Å²) in [7, 11) is 3.19. The van der Waals surface area contributed by atoms with Gasteiger partial charge in [0.2, 0.25) is 0 Å². The van der Waals surface area contributed by atoms with Crippen LogP contribution in [0.2, 0.25) is 0 Å². The van der Waals surface area contributed by atoms with Gasteiger partial charge in [-0.15, -0.1) is 0 Å². The van der Waals surface area contributed by atoms with Crippen molar-refractivity contribution in [1.82, 2.24) is 4.90 Å². The summed E-state index contributed by atoms with van der Waals surface area (Å²) in [4.78, 5) is 25.7. The molecule has 0 aromatic rings. The van der Waals surface area contributed by atoms with Crippen molar-refractivity contribution < 1.29 is 33.3 Å². The number of nitrogens with zero attached hydrogens (tertiary/aromatic N) is 1. The number of carbonyl (C=O) groups excluding carboxylic acids is 2. The molecule has 0 aromatic carbocycles. The van der Waals surface area contributed by atoms with Crippen molar-refractivity contribution in [3.8, 4) is 0 Å². The Morgan fingerprint density at radius 3 is 2.21 bits per heavy atom. The number of rotatable bonds is 3. The van der Waals surface area contributed by atoms with E-state index in [0.29, 0.717) is 13.2 Å². The summed E-state index contributed by atoms with van der Waals surface area (Å²) in [6.07, 6.45) is -2.58. The number of hydrogen-bond acceptors (Lipinski definition) is 7. The van der Waals surface area contributed by atoms with Crippen LogP contribution >= 0.6 is 0 Å². The molecule has 3 rings (SSSR count). The maximum absolute atomic E-state index is 12.4. The summed E-state index contributed by atoms with van der Waals surface area (Å²) in [6.45, 7) is 13.6. The largest absolute Gasteiger partial charge is 0.458 e. The first-order valence-corrected chi connectivity index (χ1v) is 9.50. The van der Waals surface area contributed by atoms with Crippen LogP contribution in [0.1, 0.15) is 34.6 Å². The van der Waals surface area contributed by atoms with Crippen molar-refractivity contribution in [2.24, 2.45) is 11.3 Å². The topological polar surface area (TPSA) is 83.5 Å². The van der Waals surface area contributed by atoms with Crippen LogP contribution in [0.15, 0.2) is 12.2 Å². The van der Waals surface area contributed by atoms with Crippen LogP contribution in [0.4, 0.5) is 4.79 Å². The van der Waals surface area contributed by atoms with Gasteiger partial charge in [-0.05, 0) is 27.7 Å². The first-order valence-electron chi connectivity index (χ1n) is 9.50. The van der Waals surface area contributed by atoms with Gasteiger partial charge < -0.3 is 28.6 Å². The van der Waals surface area contributed by atoms with E-state index in [1.54, 1.807) is 14.1 Å². The minimum absolute atomic E-state index is 0.329. The molecule has 6 atom stereocenters. The van der Waals surface area contributed by atoms with Gasteiger partial charge in [0.05, 0.1) is 18.6 Å². The molecule has 2 heterocycles. The van der Waals surface area contributed by atoms with Gasteiger partial charge in [-0.1, -0.05) is 12.2 Å². The average molecular weight is 397 g/mol. The van der Waals surface area contributed by atoms with Crippen LogP contribution in [0.3, 0.4) is 0 Å². The third-order valence-electron chi connectivity index (χ3n) is 6.02. The van der Waals surface area contributed by atoms with Gasteiger partial charge >= 0.3 is 12.1 Å². The first-order chi connectivity index (χ1) is 12.8. The van der Waals surface area contributed by atoms with E-state index in [9.17, 15) is 9.59 Å². The Balaban J connectivity index is 2.12. The Morgan fingerprint density at radius 2 is 1.68 bits per heavy atom. The minimum Gasteiger partial charge on any atom is -0.458 e. The molecule has 3 fully saturated rings. The van der Waals surface area contributed by atoms with Gasteiger partial charge in [-0.25, -0.2) is 4.79 Å². The zero-order valence-electron chi connectivity index (χ0n) is 17.7. The highest BCUT2D eigenvalue weighted by Gasteiger charge is 2.75. The van der Waals surface area contributed by atoms with Crippen LogP contribution in [-0.2, 0) is 28.5 Å². The Bertz CT molecular complexity index is 690. The van der Waals surface area contributed by atoms with Gasteiger partial charge in [0.15, 0.2) is 11.9 Å². The third kappa shape index (κ3) is 3.11. The predicted molar refractivity (Wildman–Crippen MR) is 99.5 cm³/mol. The van der Waals surface area contributed by atoms with Gasteiger partial charge in [0.25, 0.3) is 0 Å². The van der Waals surface area contributed by atoms with E-state index in [-0.39, 0.29) is 5.92 Å². The second-order valence-electron chi connectivity index (χ2n) is 8.99. The number of carbonyl (C=O) groups is 2. The predicted octanol–water partition coefficient (Wildman–Crippen LogP) is 2.12. The molecule has 1 amide bonds. The lowest BCUT2D eigenvalue weighted by Gasteiger charge is -2.58. The van der Waals surface area contributed by atoms with Crippen molar-refractivity contribution in [2.45, 2.75) is 64.3 Å². The molecular formula is C20H31NO7. The molecule has 8 heteroatoms. The SMILES string of the molecule is C=C(C)[C@H]1[C@@H](OC(C)=O)[C@H](OC(=O)N(C)C)[C@@]2(C)OC[C@@]13COC(C)(C)O[C@@H]32. The van der Waals surface area contributed by atoms with Crippen molar-refractivity contribution in [3.63, 3.8) is 0 Å². The summed E-state index contributed by atoms with van der Waals surface area (Å²) in [5, 5.41) is 0. The highest BCUT2D eigenvalue weighted by atomic mass is 16.7. The Morgan fingerprint density at radius 1 is 1.07 bits per heavy atom. The van der Waals surface area contributed by atoms with Crippen molar-refractivity contribution in [1.29, 1.82) is 0 Å². The molecule has 0 unspecified atom stereocenters. The van der Waals surface area contributed by atoms with Crippen LogP contribution in [0.25, 0.3) is 0 Å². The molecule has 1 aliphatic carbocycles. The maximum atomic E-state index is 12.4. The zero-order chi connectivity index (χ0) is 21.1. The standard InChI is InChI=1S/C20H31NO7/c1-11(2)13-14(26-12(3)22)15(27-17(23)21(7)8)19(6)16-20(13,10-25-19)9-24-18(4,5)28-16/h13-16H,1,9-10H2,2-8H3/t13-,14+,15-,16+,19+,20-/m0/s1. The van der Waals surface area contributed by atoms with Crippen molar-refractivity contribution in [2.75, 3.05) is 27.3 Å². The molecule has 2 bridgehead atoms. The van der Waals surface area contributed by atoms with Crippen molar-refractivity contribution >= 4 is 12.1 Å². The highest BCUT2D eigenvalue weighted by molar-refractivity contribution is 5.68. The van der Waals surface area contributed by atoms with Crippen LogP contribution in [0.5, 0.6) is 0 Å². The molecule has 0 aromatic heterocycles. The second kappa shape index (κ2) is 6.71. The van der Waals surface area contributed by atoms with Gasteiger partial charge in [-0.2, -0.15) is 0 Å². The third-order valence-corrected chi connectivity index (χ3v) is 6.02. The van der Waals surface area contributed by atoms with Gasteiger partial charge in [0.1, 0.15) is 17.8 Å². The molecule has 28 heavy (non-hydrogen) atoms. The lowest BCUT2D eigenvalue weighted by Crippen LogP contribution is -2.72. The van der Waals surface area contributed by atoms with Crippen molar-refractivity contribution in [3.05, 3.63) is 12.2 Å². The summed E-state index contributed by atoms with van der Waals surface area (Å²) < 4.78 is 30.1. The fraction of sp³-hybridized carbons (Fsp3) is 0.800. The quantitative estimate of drug-likeness (QED) is 0.533. The Kier molecular flexibility index (Phi) is 5.05. The van der Waals surface area contributed by atoms with E-state index in [0.717, 1.165) is 5.57 Å². The summed E-state index contributed by atoms with van der Waals surface area (Å²) in [5.74, 6) is -1.63. The molecular weight excluding hydrogens is 366 g/mol. The zero-order valence-corrected chi connectivity index (χ0v) is 17.7. The molecule has 3 aliphatic rings. The molecule has 2 saturated heterocycles. The monoisotopic (exact) mass is 397 g/mol. The van der Waals surface area contributed by atoms with Crippen LogP contribution in [0, 0.1) is 11.3 Å². The summed E-state index contributed by atoms with van der Waals surface area (Å²) >= 11 is 0. The number of amides is 1. The van der Waals surface area contributed by atoms with E-state index >= 15 is 0 Å². The maximum Gasteiger partial charge on any atom is 0.409 e. The van der Waals surface area contributed by atoms with Gasteiger partial charge in [0, 0.05) is 26.9 Å². The number of ether oxygens (including phenoxy) is 5. The van der Waals surface area contributed by atoms with Crippen LogP contribution < -0.4 is 0 Å². The van der Waals surface area contributed by atoms with E-state index in [2.05, 4.69) is 6.58 Å². The van der Waals surface area contributed by atoms with E-state index in [1.807, 2.05) is 27.7 Å². The Hall–Kier alpha value is -1.64. The lowest BCUT2D eigenvalue weighted by atomic mass is 9.57. The molecule has 0 radical (unpaired) electrons. The fourth-order valence-corrected chi connectivity index (χ4v) is 4.88. The number of esters is 1. The molecule has 8 nitrogen and oxygen atoms in total. The summed E-state index contributed by atoms with van der Waals surface area (Å²) in [5.41, 5.74) is -0.794. The first kappa shape index (κ1) is 21.1. The lowest BCUT2D eigenvalue weighted by molar-refractivity contribution is -0.351. The Labute approximate surface area is 166 Å².